The first kappa shape index (κ1) is 9.83. The molecule has 0 aliphatic rings. The third kappa shape index (κ3) is 5.28. The van der Waals surface area contributed by atoms with E-state index in [4.69, 9.17) is 11.5 Å². The zero-order valence-electron chi connectivity index (χ0n) is 6.13. The number of aliphatic imine (C=N–C) groups is 1. The second-order valence-corrected chi connectivity index (χ2v) is 2.16. The van der Waals surface area contributed by atoms with Gasteiger partial charge in [-0.3, -0.25) is 10.1 Å². The summed E-state index contributed by atoms with van der Waals surface area (Å²) in [7, 11) is 0. The molecule has 11 heavy (non-hydrogen) atoms. The molecular weight excluding hydrogens is 164 g/mol. The highest BCUT2D eigenvalue weighted by molar-refractivity contribution is 7.80. The van der Waals surface area contributed by atoms with E-state index in [1.807, 2.05) is 0 Å². The fourth-order valence-corrected chi connectivity index (χ4v) is 0.476. The SMILES string of the molecule is CCC(=O)N/C(N)=N/C(N)=S. The Bertz CT molecular complexity index is 201. The number of guanidine groups is 1. The monoisotopic (exact) mass is 174 g/mol. The molecule has 0 spiro atoms. The number of nitrogens with one attached hydrogen (secondary N) is 1. The molecule has 0 rings (SSSR count). The summed E-state index contributed by atoms with van der Waals surface area (Å²) < 4.78 is 0. The zero-order chi connectivity index (χ0) is 8.85. The maximum atomic E-state index is 10.6. The van der Waals surface area contributed by atoms with Gasteiger partial charge in [0.25, 0.3) is 0 Å². The predicted molar refractivity (Wildman–Crippen MR) is 46.8 cm³/mol. The van der Waals surface area contributed by atoms with Crippen LogP contribution < -0.4 is 16.8 Å². The van der Waals surface area contributed by atoms with Gasteiger partial charge in [-0.2, -0.15) is 4.99 Å². The largest absolute Gasteiger partial charge is 0.374 e. The van der Waals surface area contributed by atoms with Crippen molar-refractivity contribution >= 4 is 29.2 Å². The Morgan fingerprint density at radius 3 is 2.55 bits per heavy atom. The van der Waals surface area contributed by atoms with Gasteiger partial charge in [0.1, 0.15) is 0 Å². The molecule has 62 valence electrons. The van der Waals surface area contributed by atoms with Crippen LogP contribution in [0.4, 0.5) is 0 Å². The Morgan fingerprint density at radius 2 is 2.18 bits per heavy atom. The lowest BCUT2D eigenvalue weighted by Gasteiger charge is -1.99. The number of carbonyl (C=O) groups is 1. The van der Waals surface area contributed by atoms with E-state index in [9.17, 15) is 4.79 Å². The zero-order valence-corrected chi connectivity index (χ0v) is 6.94. The Morgan fingerprint density at radius 1 is 1.64 bits per heavy atom. The number of hydrogen-bond acceptors (Lipinski definition) is 2. The summed E-state index contributed by atoms with van der Waals surface area (Å²) in [6, 6.07) is 0. The molecular formula is C5H10N4OS. The van der Waals surface area contributed by atoms with Crippen molar-refractivity contribution in [3.63, 3.8) is 0 Å². The molecule has 0 atom stereocenters. The van der Waals surface area contributed by atoms with Crippen LogP contribution >= 0.6 is 12.2 Å². The lowest BCUT2D eigenvalue weighted by atomic mass is 10.5. The Labute approximate surface area is 69.8 Å². The average molecular weight is 174 g/mol. The van der Waals surface area contributed by atoms with Crippen LogP contribution in [-0.4, -0.2) is 17.0 Å². The summed E-state index contributed by atoms with van der Waals surface area (Å²) in [5, 5.41) is 2.18. The highest BCUT2D eigenvalue weighted by atomic mass is 32.1. The Hall–Kier alpha value is -1.17. The highest BCUT2D eigenvalue weighted by Gasteiger charge is 1.98. The predicted octanol–water partition coefficient (Wildman–Crippen LogP) is -0.929. The Kier molecular flexibility index (Phi) is 4.12. The summed E-state index contributed by atoms with van der Waals surface area (Å²) >= 11 is 4.42. The lowest BCUT2D eigenvalue weighted by molar-refractivity contribution is -0.119. The van der Waals surface area contributed by atoms with Gasteiger partial charge < -0.3 is 11.5 Å². The maximum Gasteiger partial charge on any atom is 0.226 e. The minimum Gasteiger partial charge on any atom is -0.374 e. The third-order valence-electron chi connectivity index (χ3n) is 0.819. The van der Waals surface area contributed by atoms with Crippen LogP contribution in [0.25, 0.3) is 0 Å². The molecule has 0 aliphatic heterocycles. The summed E-state index contributed by atoms with van der Waals surface area (Å²) in [6.07, 6.45) is 0.341. The van der Waals surface area contributed by atoms with E-state index in [-0.39, 0.29) is 17.0 Å². The second-order valence-electron chi connectivity index (χ2n) is 1.74. The van der Waals surface area contributed by atoms with E-state index in [1.165, 1.54) is 0 Å². The topological polar surface area (TPSA) is 93.5 Å². The molecule has 0 radical (unpaired) electrons. The van der Waals surface area contributed by atoms with Crippen molar-refractivity contribution in [2.75, 3.05) is 0 Å². The molecule has 5 nitrogen and oxygen atoms in total. The van der Waals surface area contributed by atoms with Crippen LogP contribution in [0.1, 0.15) is 13.3 Å². The van der Waals surface area contributed by atoms with Crippen LogP contribution in [0, 0.1) is 0 Å². The van der Waals surface area contributed by atoms with Crippen molar-refractivity contribution in [2.45, 2.75) is 13.3 Å². The van der Waals surface area contributed by atoms with Crippen molar-refractivity contribution in [3.8, 4) is 0 Å². The van der Waals surface area contributed by atoms with Crippen molar-refractivity contribution in [1.29, 1.82) is 0 Å². The molecule has 0 aromatic heterocycles. The van der Waals surface area contributed by atoms with E-state index >= 15 is 0 Å². The summed E-state index contributed by atoms with van der Waals surface area (Å²) in [5.74, 6) is -0.285. The smallest absolute Gasteiger partial charge is 0.226 e. The number of carbonyl (C=O) groups excluding carboxylic acids is 1. The second kappa shape index (κ2) is 4.62. The van der Waals surface area contributed by atoms with E-state index in [0.717, 1.165) is 0 Å². The van der Waals surface area contributed by atoms with Gasteiger partial charge >= 0.3 is 0 Å². The van der Waals surface area contributed by atoms with Crippen LogP contribution in [0.15, 0.2) is 4.99 Å². The van der Waals surface area contributed by atoms with Gasteiger partial charge in [0.2, 0.25) is 11.9 Å². The van der Waals surface area contributed by atoms with E-state index < -0.39 is 0 Å². The van der Waals surface area contributed by atoms with Crippen molar-refractivity contribution in [2.24, 2.45) is 16.5 Å². The normalized spacial score (nSPS) is 10.8. The van der Waals surface area contributed by atoms with Crippen LogP contribution in [-0.2, 0) is 4.79 Å². The minimum absolute atomic E-state index is 0.0654. The molecule has 0 unspecified atom stereocenters. The van der Waals surface area contributed by atoms with Crippen LogP contribution in [0.5, 0.6) is 0 Å². The van der Waals surface area contributed by atoms with E-state index in [0.29, 0.717) is 6.42 Å². The molecule has 0 aliphatic carbocycles. The molecule has 0 aromatic rings. The number of hydrogen-bond donors (Lipinski definition) is 3. The van der Waals surface area contributed by atoms with Gasteiger partial charge in [-0.05, 0) is 12.2 Å². The molecule has 0 aromatic carbocycles. The fourth-order valence-electron chi connectivity index (χ4n) is 0.378. The van der Waals surface area contributed by atoms with Gasteiger partial charge in [0.05, 0.1) is 0 Å². The standard InChI is InChI=1S/C5H10N4OS/c1-2-3(10)8-4(6)9-5(7)11/h2H2,1H3,(H5,6,7,8,9,10,11). The minimum atomic E-state index is -0.220. The molecule has 0 heterocycles. The van der Waals surface area contributed by atoms with Gasteiger partial charge in [-0.25, -0.2) is 0 Å². The van der Waals surface area contributed by atoms with Crippen LogP contribution in [0.2, 0.25) is 0 Å². The Balaban J connectivity index is 3.96. The maximum absolute atomic E-state index is 10.6. The molecule has 0 bridgehead atoms. The van der Waals surface area contributed by atoms with Gasteiger partial charge in [0.15, 0.2) is 5.11 Å². The van der Waals surface area contributed by atoms with Gasteiger partial charge in [-0.15, -0.1) is 0 Å². The van der Waals surface area contributed by atoms with E-state index in [1.54, 1.807) is 6.92 Å². The number of amides is 1. The molecule has 0 saturated carbocycles. The van der Waals surface area contributed by atoms with E-state index in [2.05, 4.69) is 22.5 Å². The molecule has 1 amide bonds. The number of thiocarbonyl (C=S) groups is 1. The van der Waals surface area contributed by atoms with Gasteiger partial charge in [0, 0.05) is 6.42 Å². The quantitative estimate of drug-likeness (QED) is 0.272. The number of nitrogens with zero attached hydrogens (tertiary/aromatic N) is 1. The summed E-state index contributed by atoms with van der Waals surface area (Å²) in [6.45, 7) is 1.70. The number of rotatable bonds is 1. The first-order chi connectivity index (χ1) is 5.06. The van der Waals surface area contributed by atoms with Crippen LogP contribution in [0.3, 0.4) is 0 Å². The molecule has 0 fully saturated rings. The summed E-state index contributed by atoms with van der Waals surface area (Å²) in [5.41, 5.74) is 10.2. The highest BCUT2D eigenvalue weighted by Crippen LogP contribution is 1.74. The number of nitrogens with two attached hydrogens (primary N) is 2. The first-order valence-electron chi connectivity index (χ1n) is 2.99. The van der Waals surface area contributed by atoms with Crippen molar-refractivity contribution < 1.29 is 4.79 Å². The van der Waals surface area contributed by atoms with Crippen molar-refractivity contribution in [3.05, 3.63) is 0 Å². The average Bonchev–Trinajstić information content (AvgIpc) is 1.85. The fraction of sp³-hybridized carbons (Fsp3) is 0.400. The molecule has 0 saturated heterocycles. The molecule has 5 N–H and O–H groups in total. The van der Waals surface area contributed by atoms with Gasteiger partial charge in [-0.1, -0.05) is 6.92 Å². The van der Waals surface area contributed by atoms with Crippen molar-refractivity contribution in [1.82, 2.24) is 5.32 Å². The molecule has 6 heteroatoms. The third-order valence-corrected chi connectivity index (χ3v) is 0.911. The first-order valence-corrected chi connectivity index (χ1v) is 3.40. The summed E-state index contributed by atoms with van der Waals surface area (Å²) in [4.78, 5) is 14.1. The lowest BCUT2D eigenvalue weighted by Crippen LogP contribution is -2.37.